The van der Waals surface area contributed by atoms with Crippen molar-refractivity contribution in [2.75, 3.05) is 61.6 Å². The number of carbonyl (C=O) groups is 2. The summed E-state index contributed by atoms with van der Waals surface area (Å²) in [6.07, 6.45) is 2.82. The fourth-order valence-electron chi connectivity index (χ4n) is 4.86. The highest BCUT2D eigenvalue weighted by molar-refractivity contribution is 7.90. The molecule has 3 aliphatic rings. The van der Waals surface area contributed by atoms with Crippen LogP contribution in [-0.2, 0) is 19.3 Å². The second kappa shape index (κ2) is 10.7. The number of nitrogens with zero attached hydrogens (tertiary/aromatic N) is 3. The number of amides is 2. The van der Waals surface area contributed by atoms with E-state index >= 15 is 0 Å². The quantitative estimate of drug-likeness (QED) is 0.610. The number of anilines is 2. The van der Waals surface area contributed by atoms with E-state index < -0.39 is 22.0 Å². The number of methoxy groups -OCH3 is 1. The van der Waals surface area contributed by atoms with Crippen molar-refractivity contribution in [1.29, 1.82) is 0 Å². The van der Waals surface area contributed by atoms with Gasteiger partial charge in [-0.05, 0) is 50.4 Å². The minimum absolute atomic E-state index is 0.0811. The van der Waals surface area contributed by atoms with Crippen molar-refractivity contribution in [2.45, 2.75) is 44.4 Å². The molecule has 0 saturated carbocycles. The van der Waals surface area contributed by atoms with E-state index in [2.05, 4.69) is 10.7 Å². The predicted octanol–water partition coefficient (Wildman–Crippen LogP) is 1.65. The van der Waals surface area contributed by atoms with Crippen molar-refractivity contribution in [3.63, 3.8) is 0 Å². The molecule has 35 heavy (non-hydrogen) atoms. The summed E-state index contributed by atoms with van der Waals surface area (Å²) >= 11 is 0. The molecule has 0 aromatic heterocycles. The lowest BCUT2D eigenvalue weighted by Gasteiger charge is -2.40. The number of hydrogen-bond donors (Lipinski definition) is 2. The molecule has 0 spiro atoms. The molecule has 2 fully saturated rings. The number of rotatable bonds is 5. The standard InChI is InChI=1S/C23H35N5O6S/c1-16-14-27(22(29)34-21-6-4-5-9-24-21)20-12-17(7-8-19(20)28(16)23(30)33-2)18-13-25-26(15-18)10-11-35(3,31)32/h7-8,12,16,18,21,24-25H,4-6,9-11,13-15H2,1-3H3/t16-,18?,21?/m0/s1. The Bertz CT molecular complexity index is 1040. The highest BCUT2D eigenvalue weighted by atomic mass is 32.2. The number of ether oxygens (including phenoxy) is 2. The molecule has 11 nitrogen and oxygen atoms in total. The number of fused-ring (bicyclic) bond motifs is 1. The molecule has 2 amide bonds. The molecule has 3 atom stereocenters. The normalized spacial score (nSPS) is 25.3. The Morgan fingerprint density at radius 3 is 2.63 bits per heavy atom. The van der Waals surface area contributed by atoms with E-state index in [9.17, 15) is 18.0 Å². The van der Waals surface area contributed by atoms with Gasteiger partial charge in [-0.25, -0.2) is 23.0 Å². The van der Waals surface area contributed by atoms with Gasteiger partial charge < -0.3 is 9.47 Å². The molecule has 2 unspecified atom stereocenters. The zero-order valence-electron chi connectivity index (χ0n) is 20.5. The fraction of sp³-hybridized carbons (Fsp3) is 0.652. The third-order valence-electron chi connectivity index (χ3n) is 6.74. The van der Waals surface area contributed by atoms with Crippen LogP contribution < -0.4 is 20.5 Å². The number of nitrogens with one attached hydrogen (secondary N) is 2. The monoisotopic (exact) mass is 509 g/mol. The lowest BCUT2D eigenvalue weighted by molar-refractivity contribution is 0.0659. The van der Waals surface area contributed by atoms with Gasteiger partial charge in [0.05, 0.1) is 36.8 Å². The number of piperidine rings is 1. The van der Waals surface area contributed by atoms with Gasteiger partial charge in [0.25, 0.3) is 0 Å². The fourth-order valence-corrected chi connectivity index (χ4v) is 5.41. The number of carbonyl (C=O) groups excluding carboxylic acids is 2. The largest absolute Gasteiger partial charge is 0.452 e. The van der Waals surface area contributed by atoms with Crippen LogP contribution in [0, 0.1) is 0 Å². The lowest BCUT2D eigenvalue weighted by atomic mass is 9.97. The van der Waals surface area contributed by atoms with E-state index in [1.807, 2.05) is 30.1 Å². The van der Waals surface area contributed by atoms with Crippen molar-refractivity contribution < 1.29 is 27.5 Å². The number of benzene rings is 1. The van der Waals surface area contributed by atoms with Crippen LogP contribution in [0.15, 0.2) is 18.2 Å². The Labute approximate surface area is 206 Å². The zero-order chi connectivity index (χ0) is 25.2. The van der Waals surface area contributed by atoms with E-state index in [4.69, 9.17) is 9.47 Å². The maximum Gasteiger partial charge on any atom is 0.416 e. The summed E-state index contributed by atoms with van der Waals surface area (Å²) in [6, 6.07) is 5.42. The molecular formula is C23H35N5O6S. The summed E-state index contributed by atoms with van der Waals surface area (Å²) < 4.78 is 33.8. The molecule has 0 radical (unpaired) electrons. The predicted molar refractivity (Wildman–Crippen MR) is 132 cm³/mol. The maximum atomic E-state index is 13.2. The molecule has 4 rings (SSSR count). The third kappa shape index (κ3) is 6.05. The highest BCUT2D eigenvalue weighted by Crippen LogP contribution is 2.39. The summed E-state index contributed by atoms with van der Waals surface area (Å²) in [7, 11) is -1.71. The first kappa shape index (κ1) is 25.7. The highest BCUT2D eigenvalue weighted by Gasteiger charge is 2.38. The molecule has 2 saturated heterocycles. The lowest BCUT2D eigenvalue weighted by Crippen LogP contribution is -2.53. The summed E-state index contributed by atoms with van der Waals surface area (Å²) in [5.74, 6) is 0.182. The molecule has 2 N–H and O–H groups in total. The van der Waals surface area contributed by atoms with Crippen LogP contribution in [0.2, 0.25) is 0 Å². The van der Waals surface area contributed by atoms with Gasteiger partial charge in [0.15, 0.2) is 6.23 Å². The van der Waals surface area contributed by atoms with Crippen LogP contribution in [0.1, 0.15) is 37.7 Å². The third-order valence-corrected chi connectivity index (χ3v) is 7.67. The van der Waals surface area contributed by atoms with Crippen LogP contribution in [0.5, 0.6) is 0 Å². The Balaban J connectivity index is 1.58. The van der Waals surface area contributed by atoms with Gasteiger partial charge in [-0.3, -0.25) is 20.5 Å². The second-order valence-corrected chi connectivity index (χ2v) is 11.8. The molecule has 194 valence electrons. The zero-order valence-corrected chi connectivity index (χ0v) is 21.3. The van der Waals surface area contributed by atoms with E-state index in [0.717, 1.165) is 31.4 Å². The average Bonchev–Trinajstić information content (AvgIpc) is 3.31. The van der Waals surface area contributed by atoms with Crippen LogP contribution in [0.25, 0.3) is 0 Å². The Hall–Kier alpha value is -2.41. The van der Waals surface area contributed by atoms with Crippen molar-refractivity contribution in [3.05, 3.63) is 23.8 Å². The van der Waals surface area contributed by atoms with Gasteiger partial charge in [-0.2, -0.15) is 0 Å². The molecule has 3 heterocycles. The second-order valence-electron chi connectivity index (χ2n) is 9.51. The van der Waals surface area contributed by atoms with E-state index in [-0.39, 0.29) is 30.5 Å². The van der Waals surface area contributed by atoms with Gasteiger partial charge in [0.1, 0.15) is 9.84 Å². The smallest absolute Gasteiger partial charge is 0.416 e. The van der Waals surface area contributed by atoms with Crippen LogP contribution in [-0.4, -0.2) is 89.7 Å². The van der Waals surface area contributed by atoms with Gasteiger partial charge in [-0.1, -0.05) is 6.07 Å². The SMILES string of the molecule is COC(=O)N1c2ccc(C3CNN(CCS(C)(=O)=O)C3)cc2N(C(=O)OC2CCCCN2)C[C@@H]1C. The van der Waals surface area contributed by atoms with Crippen molar-refractivity contribution in [1.82, 2.24) is 15.8 Å². The Morgan fingerprint density at radius 1 is 1.14 bits per heavy atom. The van der Waals surface area contributed by atoms with Gasteiger partial charge in [-0.15, -0.1) is 0 Å². The van der Waals surface area contributed by atoms with Crippen LogP contribution in [0.3, 0.4) is 0 Å². The van der Waals surface area contributed by atoms with Crippen LogP contribution in [0.4, 0.5) is 21.0 Å². The van der Waals surface area contributed by atoms with E-state index in [0.29, 0.717) is 31.0 Å². The Kier molecular flexibility index (Phi) is 7.84. The van der Waals surface area contributed by atoms with E-state index in [1.54, 1.807) is 9.80 Å². The first-order valence-corrected chi connectivity index (χ1v) is 14.1. The average molecular weight is 510 g/mol. The summed E-state index contributed by atoms with van der Waals surface area (Å²) in [4.78, 5) is 29.0. The maximum absolute atomic E-state index is 13.2. The molecule has 0 bridgehead atoms. The molecular weight excluding hydrogens is 474 g/mol. The number of sulfone groups is 1. The van der Waals surface area contributed by atoms with Crippen molar-refractivity contribution in [2.24, 2.45) is 0 Å². The van der Waals surface area contributed by atoms with Gasteiger partial charge >= 0.3 is 12.2 Å². The topological polar surface area (TPSA) is 121 Å². The minimum atomic E-state index is -3.05. The molecule has 12 heteroatoms. The van der Waals surface area contributed by atoms with Gasteiger partial charge in [0.2, 0.25) is 0 Å². The first-order valence-electron chi connectivity index (χ1n) is 12.0. The molecule has 3 aliphatic heterocycles. The number of hydrazine groups is 1. The summed E-state index contributed by atoms with van der Waals surface area (Å²) in [5, 5.41) is 5.14. The molecule has 0 aliphatic carbocycles. The summed E-state index contributed by atoms with van der Waals surface area (Å²) in [5.41, 5.74) is 5.44. The first-order chi connectivity index (χ1) is 16.7. The van der Waals surface area contributed by atoms with Crippen molar-refractivity contribution >= 4 is 33.4 Å². The number of hydrogen-bond acceptors (Lipinski definition) is 9. The Morgan fingerprint density at radius 2 is 1.94 bits per heavy atom. The summed E-state index contributed by atoms with van der Waals surface area (Å²) in [6.45, 7) is 4.66. The van der Waals surface area contributed by atoms with E-state index in [1.165, 1.54) is 13.4 Å². The van der Waals surface area contributed by atoms with Gasteiger partial charge in [0, 0.05) is 31.8 Å². The minimum Gasteiger partial charge on any atom is -0.452 e. The molecule has 1 aromatic rings. The van der Waals surface area contributed by atoms with Crippen LogP contribution >= 0.6 is 0 Å². The molecule has 1 aromatic carbocycles. The van der Waals surface area contributed by atoms with Crippen molar-refractivity contribution in [3.8, 4) is 0 Å².